The van der Waals surface area contributed by atoms with Crippen LogP contribution in [0.2, 0.25) is 0 Å². The molecule has 0 radical (unpaired) electrons. The molecule has 0 amide bonds. The van der Waals surface area contributed by atoms with Gasteiger partial charge in [-0.25, -0.2) is 0 Å². The van der Waals surface area contributed by atoms with Gasteiger partial charge in [-0.15, -0.1) is 0 Å². The number of hydrogen-bond donors (Lipinski definition) is 1. The molecule has 0 heterocycles. The summed E-state index contributed by atoms with van der Waals surface area (Å²) in [6.07, 6.45) is 2.72. The maximum atomic E-state index is 5.76. The highest BCUT2D eigenvalue weighted by molar-refractivity contribution is 9.11. The Balaban J connectivity index is 2.01. The number of halogens is 2. The maximum absolute atomic E-state index is 5.76. The quantitative estimate of drug-likeness (QED) is 0.679. The molecule has 1 saturated carbocycles. The van der Waals surface area contributed by atoms with E-state index in [9.17, 15) is 0 Å². The molecule has 0 spiro atoms. The van der Waals surface area contributed by atoms with Gasteiger partial charge < -0.3 is 10.1 Å². The number of hydrogen-bond acceptors (Lipinski definition) is 2. The van der Waals surface area contributed by atoms with Gasteiger partial charge in [-0.1, -0.05) is 29.8 Å². The van der Waals surface area contributed by atoms with Crippen molar-refractivity contribution in [3.8, 4) is 5.75 Å². The first-order valence-corrected chi connectivity index (χ1v) is 8.88. The Hall–Kier alpha value is -0.0600. The van der Waals surface area contributed by atoms with Gasteiger partial charge >= 0.3 is 0 Å². The molecule has 1 N–H and O–H groups in total. The fourth-order valence-corrected chi connectivity index (χ4v) is 4.04. The first kappa shape index (κ1) is 16.3. The standard InChI is InChI=1S/C16H23Br2NO/c1-4-20-15-12(7-13(17)8-14(15)18)9-19-10-16(5-6-16)11(2)3/h7-8,11,19H,4-6,9-10H2,1-3H3. The Bertz CT molecular complexity index is 470. The van der Waals surface area contributed by atoms with Gasteiger partial charge in [-0.2, -0.15) is 0 Å². The van der Waals surface area contributed by atoms with E-state index in [1.165, 1.54) is 18.4 Å². The fourth-order valence-electron chi connectivity index (χ4n) is 2.62. The topological polar surface area (TPSA) is 21.3 Å². The van der Waals surface area contributed by atoms with E-state index in [1.807, 2.05) is 13.0 Å². The lowest BCUT2D eigenvalue weighted by atomic mass is 9.92. The van der Waals surface area contributed by atoms with Crippen molar-refractivity contribution in [1.82, 2.24) is 5.32 Å². The second-order valence-electron chi connectivity index (χ2n) is 5.93. The molecule has 1 aromatic carbocycles. The lowest BCUT2D eigenvalue weighted by Crippen LogP contribution is -2.27. The molecular weight excluding hydrogens is 382 g/mol. The number of benzene rings is 1. The van der Waals surface area contributed by atoms with Crippen molar-refractivity contribution in [2.75, 3.05) is 13.2 Å². The van der Waals surface area contributed by atoms with E-state index in [4.69, 9.17) is 4.74 Å². The second-order valence-corrected chi connectivity index (χ2v) is 7.70. The molecule has 0 aromatic heterocycles. The maximum Gasteiger partial charge on any atom is 0.138 e. The van der Waals surface area contributed by atoms with Crippen LogP contribution >= 0.6 is 31.9 Å². The Morgan fingerprint density at radius 2 is 2.00 bits per heavy atom. The van der Waals surface area contributed by atoms with Crippen LogP contribution in [0.5, 0.6) is 5.75 Å². The van der Waals surface area contributed by atoms with Crippen LogP contribution in [0.3, 0.4) is 0 Å². The second kappa shape index (κ2) is 6.80. The summed E-state index contributed by atoms with van der Waals surface area (Å²) < 4.78 is 7.85. The van der Waals surface area contributed by atoms with E-state index in [-0.39, 0.29) is 0 Å². The SMILES string of the molecule is CCOc1c(Br)cc(Br)cc1CNCC1(C(C)C)CC1. The predicted octanol–water partition coefficient (Wildman–Crippen LogP) is 5.14. The number of nitrogens with one attached hydrogen (secondary N) is 1. The van der Waals surface area contributed by atoms with Crippen LogP contribution in [0.1, 0.15) is 39.2 Å². The summed E-state index contributed by atoms with van der Waals surface area (Å²) in [6, 6.07) is 4.17. The van der Waals surface area contributed by atoms with Gasteiger partial charge in [0.15, 0.2) is 0 Å². The minimum atomic E-state index is 0.537. The van der Waals surface area contributed by atoms with Crippen molar-refractivity contribution in [1.29, 1.82) is 0 Å². The molecule has 0 saturated heterocycles. The summed E-state index contributed by atoms with van der Waals surface area (Å²) in [5.41, 5.74) is 1.74. The smallest absolute Gasteiger partial charge is 0.138 e. The first-order chi connectivity index (χ1) is 9.48. The van der Waals surface area contributed by atoms with Crippen LogP contribution in [-0.2, 0) is 6.54 Å². The minimum absolute atomic E-state index is 0.537. The highest BCUT2D eigenvalue weighted by Crippen LogP contribution is 2.51. The zero-order valence-corrected chi connectivity index (χ0v) is 15.6. The lowest BCUT2D eigenvalue weighted by molar-refractivity contribution is 0.324. The van der Waals surface area contributed by atoms with Crippen LogP contribution in [0.4, 0.5) is 0 Å². The lowest BCUT2D eigenvalue weighted by Gasteiger charge is -2.21. The predicted molar refractivity (Wildman–Crippen MR) is 91.2 cm³/mol. The molecule has 0 bridgehead atoms. The summed E-state index contributed by atoms with van der Waals surface area (Å²) in [6.45, 7) is 9.31. The average Bonchev–Trinajstić information content (AvgIpc) is 3.14. The average molecular weight is 405 g/mol. The van der Waals surface area contributed by atoms with Gasteiger partial charge in [0.05, 0.1) is 11.1 Å². The van der Waals surface area contributed by atoms with Gasteiger partial charge in [0.1, 0.15) is 5.75 Å². The molecule has 2 rings (SSSR count). The van der Waals surface area contributed by atoms with Crippen LogP contribution in [0, 0.1) is 11.3 Å². The van der Waals surface area contributed by atoms with Gasteiger partial charge in [0.2, 0.25) is 0 Å². The van der Waals surface area contributed by atoms with Crippen molar-refractivity contribution < 1.29 is 4.74 Å². The molecule has 2 nitrogen and oxygen atoms in total. The Kier molecular flexibility index (Phi) is 5.55. The molecule has 0 aliphatic heterocycles. The summed E-state index contributed by atoms with van der Waals surface area (Å²) in [4.78, 5) is 0. The zero-order chi connectivity index (χ0) is 14.8. The van der Waals surface area contributed by atoms with E-state index >= 15 is 0 Å². The molecular formula is C16H23Br2NO. The Morgan fingerprint density at radius 3 is 2.55 bits per heavy atom. The van der Waals surface area contributed by atoms with E-state index in [0.29, 0.717) is 12.0 Å². The van der Waals surface area contributed by atoms with Gasteiger partial charge in [-0.05, 0) is 59.2 Å². The molecule has 1 aromatic rings. The van der Waals surface area contributed by atoms with Gasteiger partial charge in [0, 0.05) is 23.1 Å². The van der Waals surface area contributed by atoms with Crippen molar-refractivity contribution in [3.63, 3.8) is 0 Å². The van der Waals surface area contributed by atoms with Crippen LogP contribution < -0.4 is 10.1 Å². The van der Waals surface area contributed by atoms with Crippen LogP contribution in [-0.4, -0.2) is 13.2 Å². The van der Waals surface area contributed by atoms with E-state index in [0.717, 1.165) is 33.7 Å². The molecule has 1 aliphatic rings. The number of rotatable bonds is 7. The van der Waals surface area contributed by atoms with Gasteiger partial charge in [-0.3, -0.25) is 0 Å². The van der Waals surface area contributed by atoms with E-state index in [2.05, 4.69) is 57.1 Å². The third-order valence-electron chi connectivity index (χ3n) is 4.28. The monoisotopic (exact) mass is 403 g/mol. The van der Waals surface area contributed by atoms with Crippen molar-refractivity contribution in [3.05, 3.63) is 26.6 Å². The zero-order valence-electron chi connectivity index (χ0n) is 12.4. The highest BCUT2D eigenvalue weighted by atomic mass is 79.9. The Labute approximate surface area is 138 Å². The Morgan fingerprint density at radius 1 is 1.30 bits per heavy atom. The van der Waals surface area contributed by atoms with Crippen molar-refractivity contribution in [2.24, 2.45) is 11.3 Å². The third-order valence-corrected chi connectivity index (χ3v) is 5.33. The van der Waals surface area contributed by atoms with E-state index in [1.54, 1.807) is 0 Å². The van der Waals surface area contributed by atoms with Crippen LogP contribution in [0.15, 0.2) is 21.1 Å². The first-order valence-electron chi connectivity index (χ1n) is 7.30. The molecule has 4 heteroatoms. The summed E-state index contributed by atoms with van der Waals surface area (Å²) in [5, 5.41) is 3.62. The third kappa shape index (κ3) is 3.77. The summed E-state index contributed by atoms with van der Waals surface area (Å²) >= 11 is 7.14. The van der Waals surface area contributed by atoms with Crippen molar-refractivity contribution >= 4 is 31.9 Å². The van der Waals surface area contributed by atoms with Gasteiger partial charge in [0.25, 0.3) is 0 Å². The molecule has 112 valence electrons. The summed E-state index contributed by atoms with van der Waals surface area (Å²) in [7, 11) is 0. The highest BCUT2D eigenvalue weighted by Gasteiger charge is 2.44. The molecule has 0 unspecified atom stereocenters. The molecule has 0 atom stereocenters. The largest absolute Gasteiger partial charge is 0.492 e. The van der Waals surface area contributed by atoms with Crippen LogP contribution in [0.25, 0.3) is 0 Å². The number of ether oxygens (including phenoxy) is 1. The molecule has 1 aliphatic carbocycles. The van der Waals surface area contributed by atoms with Crippen molar-refractivity contribution in [2.45, 2.75) is 40.2 Å². The molecule has 20 heavy (non-hydrogen) atoms. The fraction of sp³-hybridized carbons (Fsp3) is 0.625. The molecule has 1 fully saturated rings. The normalized spacial score (nSPS) is 16.5. The minimum Gasteiger partial charge on any atom is -0.492 e. The van der Waals surface area contributed by atoms with E-state index < -0.39 is 0 Å². The summed E-state index contributed by atoms with van der Waals surface area (Å²) in [5.74, 6) is 1.72.